The Morgan fingerprint density at radius 3 is 2.06 bits per heavy atom. The Balaban J connectivity index is 1.46. The van der Waals surface area contributed by atoms with Gasteiger partial charge in [0.05, 0.1) is 15.9 Å². The Hall–Kier alpha value is -3.65. The number of piperazine rings is 1. The summed E-state index contributed by atoms with van der Waals surface area (Å²) in [5, 5.41) is 0. The zero-order valence-electron chi connectivity index (χ0n) is 20.2. The van der Waals surface area contributed by atoms with Gasteiger partial charge in [-0.2, -0.15) is 0 Å². The number of para-hydroxylation sites is 2. The van der Waals surface area contributed by atoms with Gasteiger partial charge in [0.1, 0.15) is 0 Å². The molecule has 1 aliphatic rings. The number of aromatic nitrogens is 2. The summed E-state index contributed by atoms with van der Waals surface area (Å²) in [6.07, 6.45) is 0. The smallest absolute Gasteiger partial charge is 0.263 e. The summed E-state index contributed by atoms with van der Waals surface area (Å²) in [6.45, 7) is 9.25. The van der Waals surface area contributed by atoms with Crippen LogP contribution >= 0.6 is 0 Å². The van der Waals surface area contributed by atoms with E-state index in [4.69, 9.17) is 4.98 Å². The van der Waals surface area contributed by atoms with Gasteiger partial charge in [-0.05, 0) is 62.2 Å². The molecule has 8 heteroatoms. The summed E-state index contributed by atoms with van der Waals surface area (Å²) in [5.41, 5.74) is 6.19. The average molecular weight is 488 g/mol. The van der Waals surface area contributed by atoms with Crippen molar-refractivity contribution in [1.82, 2.24) is 9.97 Å². The second-order valence-corrected chi connectivity index (χ2v) is 10.7. The molecule has 1 saturated heterocycles. The van der Waals surface area contributed by atoms with E-state index in [0.717, 1.165) is 24.2 Å². The lowest BCUT2D eigenvalue weighted by atomic mass is 10.1. The zero-order chi connectivity index (χ0) is 24.6. The van der Waals surface area contributed by atoms with Crippen LogP contribution in [0.15, 0.2) is 71.6 Å². The molecule has 7 nitrogen and oxygen atoms in total. The van der Waals surface area contributed by atoms with Crippen LogP contribution in [0, 0.1) is 20.8 Å². The van der Waals surface area contributed by atoms with E-state index >= 15 is 0 Å². The normalized spacial score (nSPS) is 14.4. The van der Waals surface area contributed by atoms with E-state index in [-0.39, 0.29) is 10.7 Å². The topological polar surface area (TPSA) is 78.4 Å². The maximum atomic E-state index is 13.2. The van der Waals surface area contributed by atoms with Crippen LogP contribution in [0.5, 0.6) is 0 Å². The quantitative estimate of drug-likeness (QED) is 0.440. The number of anilines is 3. The number of fused-ring (bicyclic) bond motifs is 1. The van der Waals surface area contributed by atoms with Crippen molar-refractivity contribution in [3.8, 4) is 0 Å². The van der Waals surface area contributed by atoms with Crippen LogP contribution < -0.4 is 14.5 Å². The van der Waals surface area contributed by atoms with Crippen LogP contribution in [0.4, 0.5) is 17.3 Å². The zero-order valence-corrected chi connectivity index (χ0v) is 21.0. The fourth-order valence-electron chi connectivity index (χ4n) is 4.42. The van der Waals surface area contributed by atoms with Crippen LogP contribution in [-0.2, 0) is 10.0 Å². The highest BCUT2D eigenvalue weighted by molar-refractivity contribution is 7.92. The van der Waals surface area contributed by atoms with Crippen LogP contribution in [0.1, 0.15) is 16.7 Å². The van der Waals surface area contributed by atoms with Gasteiger partial charge in [0.15, 0.2) is 11.6 Å². The van der Waals surface area contributed by atoms with Gasteiger partial charge in [-0.1, -0.05) is 42.0 Å². The Bertz CT molecular complexity index is 1480. The molecule has 0 aliphatic carbocycles. The van der Waals surface area contributed by atoms with Crippen molar-refractivity contribution in [2.24, 2.45) is 0 Å². The summed E-state index contributed by atoms with van der Waals surface area (Å²) in [6, 6.07) is 20.7. The summed E-state index contributed by atoms with van der Waals surface area (Å²) in [4.78, 5) is 14.2. The summed E-state index contributed by atoms with van der Waals surface area (Å²) < 4.78 is 29.1. The molecular weight excluding hydrogens is 458 g/mol. The van der Waals surface area contributed by atoms with E-state index in [0.29, 0.717) is 24.4 Å². The first-order valence-electron chi connectivity index (χ1n) is 11.7. The molecule has 35 heavy (non-hydrogen) atoms. The maximum Gasteiger partial charge on any atom is 0.263 e. The number of aryl methyl sites for hydroxylation is 2. The molecule has 4 aromatic rings. The van der Waals surface area contributed by atoms with E-state index in [9.17, 15) is 8.42 Å². The van der Waals surface area contributed by atoms with Crippen LogP contribution in [0.2, 0.25) is 0 Å². The van der Waals surface area contributed by atoms with E-state index in [2.05, 4.69) is 51.6 Å². The highest BCUT2D eigenvalue weighted by Crippen LogP contribution is 2.30. The van der Waals surface area contributed by atoms with Gasteiger partial charge in [-0.3, -0.25) is 4.72 Å². The van der Waals surface area contributed by atoms with E-state index in [1.807, 2.05) is 31.2 Å². The third kappa shape index (κ3) is 4.66. The lowest BCUT2D eigenvalue weighted by Crippen LogP contribution is -2.47. The van der Waals surface area contributed by atoms with Crippen LogP contribution in [-0.4, -0.2) is 44.6 Å². The molecule has 5 rings (SSSR count). The minimum Gasteiger partial charge on any atom is -0.368 e. The number of hydrogen-bond acceptors (Lipinski definition) is 6. The van der Waals surface area contributed by atoms with Gasteiger partial charge < -0.3 is 9.80 Å². The van der Waals surface area contributed by atoms with Crippen LogP contribution in [0.25, 0.3) is 11.0 Å². The summed E-state index contributed by atoms with van der Waals surface area (Å²) in [5.74, 6) is 0.810. The van der Waals surface area contributed by atoms with Crippen molar-refractivity contribution < 1.29 is 8.42 Å². The molecule has 1 aromatic heterocycles. The van der Waals surface area contributed by atoms with Gasteiger partial charge in [-0.25, -0.2) is 18.4 Å². The molecule has 2 heterocycles. The molecule has 1 N–H and O–H groups in total. The fraction of sp³-hybridized carbons (Fsp3) is 0.259. The number of sulfonamides is 1. The lowest BCUT2D eigenvalue weighted by molar-refractivity contribution is 0.600. The third-order valence-corrected chi connectivity index (χ3v) is 7.97. The van der Waals surface area contributed by atoms with Crippen LogP contribution in [0.3, 0.4) is 0 Å². The van der Waals surface area contributed by atoms with Gasteiger partial charge in [0.2, 0.25) is 0 Å². The highest BCUT2D eigenvalue weighted by atomic mass is 32.2. The van der Waals surface area contributed by atoms with Crippen molar-refractivity contribution in [3.63, 3.8) is 0 Å². The first-order chi connectivity index (χ1) is 16.8. The van der Waals surface area contributed by atoms with Gasteiger partial charge >= 0.3 is 0 Å². The maximum absolute atomic E-state index is 13.2. The molecule has 0 atom stereocenters. The average Bonchev–Trinajstić information content (AvgIpc) is 2.85. The Labute approximate surface area is 206 Å². The number of benzene rings is 3. The SMILES string of the molecule is Cc1ccc(S(=O)(=O)Nc2nc3ccccc3nc2N2CCN(c3cccc(C)c3C)CC2)cc1. The number of nitrogens with zero attached hydrogens (tertiary/aromatic N) is 4. The molecule has 0 bridgehead atoms. The molecule has 1 aliphatic heterocycles. The third-order valence-electron chi connectivity index (χ3n) is 6.61. The minimum atomic E-state index is -3.81. The van der Waals surface area contributed by atoms with E-state index in [1.165, 1.54) is 16.8 Å². The first-order valence-corrected chi connectivity index (χ1v) is 13.2. The molecule has 0 saturated carbocycles. The monoisotopic (exact) mass is 487 g/mol. The standard InChI is InChI=1S/C27H29N5O2S/c1-19-11-13-22(14-12-19)35(33,34)30-26-27(29-24-9-5-4-8-23(24)28-26)32-17-15-31(16-18-32)25-10-6-7-20(2)21(25)3/h4-14H,15-18H2,1-3H3,(H,28,30). The van der Waals surface area contributed by atoms with Crippen molar-refractivity contribution in [2.45, 2.75) is 25.7 Å². The molecule has 0 unspecified atom stereocenters. The second-order valence-electron chi connectivity index (χ2n) is 9.00. The van der Waals surface area contributed by atoms with Gasteiger partial charge in [0.25, 0.3) is 10.0 Å². The fourth-order valence-corrected chi connectivity index (χ4v) is 5.42. The van der Waals surface area contributed by atoms with E-state index < -0.39 is 10.0 Å². The van der Waals surface area contributed by atoms with Gasteiger partial charge in [-0.15, -0.1) is 0 Å². The lowest BCUT2D eigenvalue weighted by Gasteiger charge is -2.38. The van der Waals surface area contributed by atoms with Crippen molar-refractivity contribution in [2.75, 3.05) is 40.7 Å². The Morgan fingerprint density at radius 1 is 0.743 bits per heavy atom. The van der Waals surface area contributed by atoms with Crippen molar-refractivity contribution in [1.29, 1.82) is 0 Å². The second kappa shape index (κ2) is 9.19. The molecule has 0 radical (unpaired) electrons. The first kappa shape index (κ1) is 23.1. The Kier molecular flexibility index (Phi) is 6.06. The van der Waals surface area contributed by atoms with Crippen molar-refractivity contribution >= 4 is 38.4 Å². The minimum absolute atomic E-state index is 0.198. The number of nitrogens with one attached hydrogen (secondary N) is 1. The summed E-state index contributed by atoms with van der Waals surface area (Å²) >= 11 is 0. The summed E-state index contributed by atoms with van der Waals surface area (Å²) in [7, 11) is -3.81. The van der Waals surface area contributed by atoms with E-state index in [1.54, 1.807) is 24.3 Å². The van der Waals surface area contributed by atoms with Gasteiger partial charge in [0, 0.05) is 31.9 Å². The Morgan fingerprint density at radius 2 is 1.37 bits per heavy atom. The molecular formula is C27H29N5O2S. The predicted octanol–water partition coefficient (Wildman–Crippen LogP) is 4.68. The molecule has 3 aromatic carbocycles. The number of hydrogen-bond donors (Lipinski definition) is 1. The predicted molar refractivity (Wildman–Crippen MR) is 142 cm³/mol. The molecule has 0 spiro atoms. The largest absolute Gasteiger partial charge is 0.368 e. The molecule has 1 fully saturated rings. The molecule has 0 amide bonds. The number of rotatable bonds is 5. The molecule has 180 valence electrons. The highest BCUT2D eigenvalue weighted by Gasteiger charge is 2.25. The van der Waals surface area contributed by atoms with Crippen molar-refractivity contribution in [3.05, 3.63) is 83.4 Å².